The fraction of sp³-hybridized carbons (Fsp3) is 0.733. The SMILES string of the molecule is CCCCO/C1=C/C/C(C)=C(/C)CCC1OC. The second kappa shape index (κ2) is 7.54. The average Bonchev–Trinajstić information content (AvgIpc) is 2.33. The number of ether oxygens (including phenoxy) is 2. The summed E-state index contributed by atoms with van der Waals surface area (Å²) in [7, 11) is 1.77. The van der Waals surface area contributed by atoms with Gasteiger partial charge in [0, 0.05) is 7.11 Å². The Morgan fingerprint density at radius 3 is 2.71 bits per heavy atom. The predicted molar refractivity (Wildman–Crippen MR) is 72.0 cm³/mol. The Bertz CT molecular complexity index is 289. The monoisotopic (exact) mass is 238 g/mol. The van der Waals surface area contributed by atoms with E-state index in [9.17, 15) is 0 Å². The molecule has 17 heavy (non-hydrogen) atoms. The first-order chi connectivity index (χ1) is 8.19. The highest BCUT2D eigenvalue weighted by atomic mass is 16.5. The van der Waals surface area contributed by atoms with Gasteiger partial charge in [-0.1, -0.05) is 24.5 Å². The minimum Gasteiger partial charge on any atom is -0.495 e. The molecule has 0 bridgehead atoms. The van der Waals surface area contributed by atoms with E-state index in [0.29, 0.717) is 0 Å². The molecule has 0 saturated heterocycles. The Morgan fingerprint density at radius 2 is 2.06 bits per heavy atom. The van der Waals surface area contributed by atoms with Crippen molar-refractivity contribution >= 4 is 0 Å². The molecule has 1 aliphatic carbocycles. The van der Waals surface area contributed by atoms with E-state index in [1.54, 1.807) is 7.11 Å². The van der Waals surface area contributed by atoms with Crippen LogP contribution in [0.25, 0.3) is 0 Å². The number of unbranched alkanes of at least 4 members (excludes halogenated alkanes) is 1. The summed E-state index contributed by atoms with van der Waals surface area (Å²) in [5.74, 6) is 1.04. The molecule has 2 nitrogen and oxygen atoms in total. The molecule has 0 heterocycles. The lowest BCUT2D eigenvalue weighted by Crippen LogP contribution is -2.18. The molecule has 98 valence electrons. The zero-order valence-corrected chi connectivity index (χ0v) is 11.7. The second-order valence-corrected chi connectivity index (χ2v) is 4.84. The number of rotatable bonds is 5. The van der Waals surface area contributed by atoms with Crippen LogP contribution in [0.15, 0.2) is 23.0 Å². The van der Waals surface area contributed by atoms with Crippen LogP contribution >= 0.6 is 0 Å². The van der Waals surface area contributed by atoms with Gasteiger partial charge in [-0.15, -0.1) is 0 Å². The van der Waals surface area contributed by atoms with E-state index in [2.05, 4.69) is 26.8 Å². The highest BCUT2D eigenvalue weighted by Gasteiger charge is 2.17. The maximum Gasteiger partial charge on any atom is 0.121 e. The Kier molecular flexibility index (Phi) is 6.35. The molecule has 0 spiro atoms. The Morgan fingerprint density at radius 1 is 1.29 bits per heavy atom. The van der Waals surface area contributed by atoms with Gasteiger partial charge >= 0.3 is 0 Å². The maximum atomic E-state index is 5.86. The van der Waals surface area contributed by atoms with E-state index in [1.165, 1.54) is 17.6 Å². The summed E-state index contributed by atoms with van der Waals surface area (Å²) < 4.78 is 11.4. The van der Waals surface area contributed by atoms with Crippen molar-refractivity contribution in [2.45, 2.75) is 59.0 Å². The van der Waals surface area contributed by atoms with Crippen molar-refractivity contribution in [3.05, 3.63) is 23.0 Å². The van der Waals surface area contributed by atoms with Crippen LogP contribution in [0.3, 0.4) is 0 Å². The van der Waals surface area contributed by atoms with E-state index >= 15 is 0 Å². The number of methoxy groups -OCH3 is 1. The Labute approximate surface area is 106 Å². The third kappa shape index (κ3) is 4.55. The van der Waals surface area contributed by atoms with Gasteiger partial charge in [-0.2, -0.15) is 0 Å². The second-order valence-electron chi connectivity index (χ2n) is 4.84. The minimum absolute atomic E-state index is 0.134. The first-order valence-electron chi connectivity index (χ1n) is 6.69. The van der Waals surface area contributed by atoms with Crippen LogP contribution in [-0.2, 0) is 9.47 Å². The van der Waals surface area contributed by atoms with Gasteiger partial charge in [0.1, 0.15) is 11.9 Å². The maximum absolute atomic E-state index is 5.86. The van der Waals surface area contributed by atoms with E-state index in [1.807, 2.05) is 0 Å². The van der Waals surface area contributed by atoms with Crippen LogP contribution in [0.1, 0.15) is 52.9 Å². The summed E-state index contributed by atoms with van der Waals surface area (Å²) in [6.45, 7) is 7.42. The first-order valence-corrected chi connectivity index (χ1v) is 6.69. The van der Waals surface area contributed by atoms with Gasteiger partial charge in [-0.25, -0.2) is 0 Å². The smallest absolute Gasteiger partial charge is 0.121 e. The standard InChI is InChI=1S/C15H26O2/c1-5-6-11-17-15-10-8-13(3)12(2)7-9-14(15)16-4/h10,14H,5-9,11H2,1-4H3/b13-12-,15-10+. The van der Waals surface area contributed by atoms with Gasteiger partial charge in [0.05, 0.1) is 6.61 Å². The third-order valence-corrected chi connectivity index (χ3v) is 3.49. The summed E-state index contributed by atoms with van der Waals surface area (Å²) in [5.41, 5.74) is 2.96. The lowest BCUT2D eigenvalue weighted by Gasteiger charge is -2.22. The average molecular weight is 238 g/mol. The molecule has 0 aliphatic heterocycles. The molecule has 0 fully saturated rings. The van der Waals surface area contributed by atoms with Crippen molar-refractivity contribution in [3.63, 3.8) is 0 Å². The highest BCUT2D eigenvalue weighted by molar-refractivity contribution is 5.18. The zero-order chi connectivity index (χ0) is 12.7. The lowest BCUT2D eigenvalue weighted by molar-refractivity contribution is 0.0560. The fourth-order valence-electron chi connectivity index (χ4n) is 1.98. The van der Waals surface area contributed by atoms with Crippen LogP contribution in [0.4, 0.5) is 0 Å². The lowest BCUT2D eigenvalue weighted by atomic mass is 9.97. The molecule has 0 radical (unpaired) electrons. The van der Waals surface area contributed by atoms with Crippen molar-refractivity contribution < 1.29 is 9.47 Å². The summed E-state index contributed by atoms with van der Waals surface area (Å²) >= 11 is 0. The molecule has 0 aromatic heterocycles. The summed E-state index contributed by atoms with van der Waals surface area (Å²) in [6, 6.07) is 0. The van der Waals surface area contributed by atoms with Crippen LogP contribution in [0.5, 0.6) is 0 Å². The molecule has 1 rings (SSSR count). The topological polar surface area (TPSA) is 18.5 Å². The third-order valence-electron chi connectivity index (χ3n) is 3.49. The van der Waals surface area contributed by atoms with Gasteiger partial charge in [-0.3, -0.25) is 0 Å². The van der Waals surface area contributed by atoms with Crippen molar-refractivity contribution in [1.29, 1.82) is 0 Å². The van der Waals surface area contributed by atoms with Crippen molar-refractivity contribution in [2.75, 3.05) is 13.7 Å². The predicted octanol–water partition coefficient (Wildman–Crippen LogP) is 4.22. The number of allylic oxidation sites excluding steroid dienone is 3. The molecule has 0 N–H and O–H groups in total. The van der Waals surface area contributed by atoms with E-state index in [0.717, 1.165) is 38.0 Å². The summed E-state index contributed by atoms with van der Waals surface area (Å²) in [5, 5.41) is 0. The minimum atomic E-state index is 0.134. The van der Waals surface area contributed by atoms with Crippen molar-refractivity contribution in [3.8, 4) is 0 Å². The largest absolute Gasteiger partial charge is 0.495 e. The molecule has 1 atom stereocenters. The van der Waals surface area contributed by atoms with E-state index in [4.69, 9.17) is 9.47 Å². The quantitative estimate of drug-likeness (QED) is 0.527. The van der Waals surface area contributed by atoms with Crippen molar-refractivity contribution in [1.82, 2.24) is 0 Å². The molecule has 0 amide bonds. The van der Waals surface area contributed by atoms with Crippen molar-refractivity contribution in [2.24, 2.45) is 0 Å². The highest BCUT2D eigenvalue weighted by Crippen LogP contribution is 2.24. The molecule has 2 heteroatoms. The molecule has 1 aliphatic rings. The summed E-state index contributed by atoms with van der Waals surface area (Å²) in [4.78, 5) is 0. The molecule has 0 aromatic rings. The van der Waals surface area contributed by atoms with Gasteiger partial charge in [0.2, 0.25) is 0 Å². The van der Waals surface area contributed by atoms with Crippen LogP contribution in [0, 0.1) is 0 Å². The normalized spacial score (nSPS) is 29.2. The molecule has 1 unspecified atom stereocenters. The Balaban J connectivity index is 2.66. The van der Waals surface area contributed by atoms with E-state index in [-0.39, 0.29) is 6.10 Å². The van der Waals surface area contributed by atoms with Gasteiger partial charge < -0.3 is 9.47 Å². The molecular formula is C15H26O2. The first kappa shape index (κ1) is 14.3. The van der Waals surface area contributed by atoms with Gasteiger partial charge in [0.25, 0.3) is 0 Å². The fourth-order valence-corrected chi connectivity index (χ4v) is 1.98. The molecular weight excluding hydrogens is 212 g/mol. The number of hydrogen-bond donors (Lipinski definition) is 0. The Hall–Kier alpha value is -0.760. The molecule has 0 aromatic carbocycles. The number of hydrogen-bond acceptors (Lipinski definition) is 2. The van der Waals surface area contributed by atoms with Crippen LogP contribution in [0.2, 0.25) is 0 Å². The van der Waals surface area contributed by atoms with Gasteiger partial charge in [0.15, 0.2) is 0 Å². The van der Waals surface area contributed by atoms with Gasteiger partial charge in [-0.05, 0) is 45.6 Å². The molecule has 0 saturated carbocycles. The van der Waals surface area contributed by atoms with Crippen LogP contribution in [-0.4, -0.2) is 19.8 Å². The van der Waals surface area contributed by atoms with E-state index < -0.39 is 0 Å². The summed E-state index contributed by atoms with van der Waals surface area (Å²) in [6.07, 6.45) is 7.74. The van der Waals surface area contributed by atoms with Crippen LogP contribution < -0.4 is 0 Å². The zero-order valence-electron chi connectivity index (χ0n) is 11.7.